The van der Waals surface area contributed by atoms with E-state index >= 15 is 0 Å². The minimum Gasteiger partial charge on any atom is -0.494 e. The Bertz CT molecular complexity index is 1110. The number of esters is 2. The maximum absolute atomic E-state index is 12.6. The topological polar surface area (TPSA) is 71.1 Å². The molecule has 0 radical (unpaired) electrons. The van der Waals surface area contributed by atoms with Crippen LogP contribution in [0.2, 0.25) is 0 Å². The van der Waals surface area contributed by atoms with Crippen LogP contribution < -0.4 is 14.2 Å². The van der Waals surface area contributed by atoms with E-state index in [1.165, 1.54) is 12.8 Å². The first kappa shape index (κ1) is 26.2. The van der Waals surface area contributed by atoms with Gasteiger partial charge in [0.05, 0.1) is 24.7 Å². The molecule has 0 heterocycles. The third-order valence-corrected chi connectivity index (χ3v) is 5.54. The second-order valence-corrected chi connectivity index (χ2v) is 8.48. The highest BCUT2D eigenvalue weighted by atomic mass is 16.5. The molecule has 0 spiro atoms. The first-order chi connectivity index (χ1) is 17.0. The van der Waals surface area contributed by atoms with Crippen LogP contribution in [0.1, 0.15) is 56.8 Å². The molecular weight excluding hydrogens is 444 g/mol. The van der Waals surface area contributed by atoms with Gasteiger partial charge in [-0.2, -0.15) is 0 Å². The summed E-state index contributed by atoms with van der Waals surface area (Å²) in [5.41, 5.74) is 0.451. The number of benzene rings is 3. The molecule has 6 heteroatoms. The smallest absolute Gasteiger partial charge is 0.343 e. The van der Waals surface area contributed by atoms with E-state index in [0.29, 0.717) is 36.9 Å². The molecule has 0 unspecified atom stereocenters. The first-order valence-corrected chi connectivity index (χ1v) is 12.3. The molecule has 0 saturated heterocycles. The molecule has 3 aromatic carbocycles. The molecule has 0 N–H and O–H groups in total. The van der Waals surface area contributed by atoms with E-state index in [1.807, 2.05) is 19.1 Å². The van der Waals surface area contributed by atoms with Crippen molar-refractivity contribution in [2.24, 2.45) is 5.92 Å². The standard InChI is InChI=1S/C29H34O6/c1-4-6-7-8-17-33-25-13-9-22(10-14-25)29(31)35-27-16-12-23-18-26(15-11-24(23)19-27)34-28(30)21(3)20-32-5-2/h9-16,18-19,21H,4-8,17,20H2,1-3H3/t21-/m1/s1. The van der Waals surface area contributed by atoms with E-state index in [2.05, 4.69) is 6.92 Å². The van der Waals surface area contributed by atoms with E-state index in [1.54, 1.807) is 55.5 Å². The van der Waals surface area contributed by atoms with E-state index in [4.69, 9.17) is 18.9 Å². The van der Waals surface area contributed by atoms with Gasteiger partial charge in [0.2, 0.25) is 0 Å². The Morgan fingerprint density at radius 3 is 2.03 bits per heavy atom. The molecule has 0 aromatic heterocycles. The number of fused-ring (bicyclic) bond motifs is 1. The van der Waals surface area contributed by atoms with Crippen molar-refractivity contribution < 1.29 is 28.5 Å². The number of carbonyl (C=O) groups is 2. The molecule has 35 heavy (non-hydrogen) atoms. The van der Waals surface area contributed by atoms with E-state index < -0.39 is 5.97 Å². The van der Waals surface area contributed by atoms with Crippen molar-refractivity contribution in [3.63, 3.8) is 0 Å². The summed E-state index contributed by atoms with van der Waals surface area (Å²) in [7, 11) is 0. The van der Waals surface area contributed by atoms with Crippen LogP contribution in [0.5, 0.6) is 17.2 Å². The minimum absolute atomic E-state index is 0.326. The maximum Gasteiger partial charge on any atom is 0.343 e. The molecule has 0 amide bonds. The van der Waals surface area contributed by atoms with Crippen molar-refractivity contribution in [2.75, 3.05) is 19.8 Å². The predicted molar refractivity (Wildman–Crippen MR) is 136 cm³/mol. The highest BCUT2D eigenvalue weighted by Gasteiger charge is 2.16. The van der Waals surface area contributed by atoms with Crippen LogP contribution in [0.15, 0.2) is 60.7 Å². The van der Waals surface area contributed by atoms with Crippen LogP contribution in [-0.4, -0.2) is 31.8 Å². The molecule has 0 saturated carbocycles. The third-order valence-electron chi connectivity index (χ3n) is 5.54. The number of hydrogen-bond acceptors (Lipinski definition) is 6. The van der Waals surface area contributed by atoms with Crippen molar-refractivity contribution >= 4 is 22.7 Å². The van der Waals surface area contributed by atoms with Gasteiger partial charge in [-0.15, -0.1) is 0 Å². The average Bonchev–Trinajstić information content (AvgIpc) is 2.87. The fourth-order valence-electron chi connectivity index (χ4n) is 3.48. The zero-order chi connectivity index (χ0) is 25.0. The van der Waals surface area contributed by atoms with Crippen LogP contribution in [-0.2, 0) is 9.53 Å². The Kier molecular flexibility index (Phi) is 10.1. The molecule has 3 rings (SSSR count). The summed E-state index contributed by atoms with van der Waals surface area (Å²) in [5.74, 6) is 0.521. The van der Waals surface area contributed by atoms with Crippen molar-refractivity contribution in [1.29, 1.82) is 0 Å². The largest absolute Gasteiger partial charge is 0.494 e. The third kappa shape index (κ3) is 8.11. The van der Waals surface area contributed by atoms with Gasteiger partial charge in [-0.1, -0.05) is 38.3 Å². The Morgan fingerprint density at radius 2 is 1.40 bits per heavy atom. The molecule has 1 atom stereocenters. The summed E-state index contributed by atoms with van der Waals surface area (Å²) < 4.78 is 22.0. The normalized spacial score (nSPS) is 11.7. The summed E-state index contributed by atoms with van der Waals surface area (Å²) in [4.78, 5) is 24.8. The second kappa shape index (κ2) is 13.5. The summed E-state index contributed by atoms with van der Waals surface area (Å²) in [6.45, 7) is 7.39. The Labute approximate surface area is 207 Å². The Balaban J connectivity index is 1.56. The first-order valence-electron chi connectivity index (χ1n) is 12.3. The molecule has 6 nitrogen and oxygen atoms in total. The Morgan fingerprint density at radius 1 is 0.771 bits per heavy atom. The predicted octanol–water partition coefficient (Wildman–Crippen LogP) is 6.60. The van der Waals surface area contributed by atoms with Gasteiger partial charge in [0, 0.05) is 6.61 Å². The lowest BCUT2D eigenvalue weighted by atomic mass is 10.1. The molecule has 0 aliphatic rings. The number of hydrogen-bond donors (Lipinski definition) is 0. The minimum atomic E-state index is -0.437. The summed E-state index contributed by atoms with van der Waals surface area (Å²) in [5, 5.41) is 1.73. The number of ether oxygens (including phenoxy) is 4. The molecule has 0 aliphatic carbocycles. The van der Waals surface area contributed by atoms with E-state index in [-0.39, 0.29) is 11.9 Å². The van der Waals surface area contributed by atoms with Crippen molar-refractivity contribution in [3.05, 3.63) is 66.2 Å². The van der Waals surface area contributed by atoms with Crippen molar-refractivity contribution in [3.8, 4) is 17.2 Å². The van der Waals surface area contributed by atoms with Crippen LogP contribution in [0.4, 0.5) is 0 Å². The van der Waals surface area contributed by atoms with Crippen LogP contribution in [0, 0.1) is 5.92 Å². The summed E-state index contributed by atoms with van der Waals surface area (Å²) in [6, 6.07) is 17.7. The van der Waals surface area contributed by atoms with Crippen molar-refractivity contribution in [1.82, 2.24) is 0 Å². The van der Waals surface area contributed by atoms with Crippen LogP contribution in [0.25, 0.3) is 10.8 Å². The zero-order valence-electron chi connectivity index (χ0n) is 20.8. The molecular formula is C29H34O6. The fourth-order valence-corrected chi connectivity index (χ4v) is 3.48. The molecule has 186 valence electrons. The van der Waals surface area contributed by atoms with Gasteiger partial charge in [-0.3, -0.25) is 4.79 Å². The van der Waals surface area contributed by atoms with E-state index in [9.17, 15) is 9.59 Å². The van der Waals surface area contributed by atoms with Gasteiger partial charge < -0.3 is 18.9 Å². The highest BCUT2D eigenvalue weighted by molar-refractivity contribution is 5.92. The molecule has 0 aliphatic heterocycles. The number of rotatable bonds is 13. The van der Waals surface area contributed by atoms with Crippen LogP contribution in [0.3, 0.4) is 0 Å². The second-order valence-electron chi connectivity index (χ2n) is 8.48. The lowest BCUT2D eigenvalue weighted by molar-refractivity contribution is -0.140. The lowest BCUT2D eigenvalue weighted by Crippen LogP contribution is -2.22. The average molecular weight is 479 g/mol. The maximum atomic E-state index is 12.6. The highest BCUT2D eigenvalue weighted by Crippen LogP contribution is 2.26. The van der Waals surface area contributed by atoms with Gasteiger partial charge in [-0.25, -0.2) is 4.79 Å². The van der Waals surface area contributed by atoms with Gasteiger partial charge >= 0.3 is 11.9 Å². The number of carbonyl (C=O) groups excluding carboxylic acids is 2. The molecule has 3 aromatic rings. The lowest BCUT2D eigenvalue weighted by Gasteiger charge is -2.12. The van der Waals surface area contributed by atoms with Gasteiger partial charge in [0.1, 0.15) is 17.2 Å². The zero-order valence-corrected chi connectivity index (χ0v) is 20.8. The Hall–Kier alpha value is -3.38. The fraction of sp³-hybridized carbons (Fsp3) is 0.379. The van der Waals surface area contributed by atoms with Gasteiger partial charge in [0.15, 0.2) is 0 Å². The summed E-state index contributed by atoms with van der Waals surface area (Å²) in [6.07, 6.45) is 4.59. The summed E-state index contributed by atoms with van der Waals surface area (Å²) >= 11 is 0. The molecule has 0 bridgehead atoms. The van der Waals surface area contributed by atoms with Crippen molar-refractivity contribution in [2.45, 2.75) is 46.5 Å². The molecule has 0 fully saturated rings. The quantitative estimate of drug-likeness (QED) is 0.157. The number of unbranched alkanes of at least 4 members (excludes halogenated alkanes) is 3. The van der Waals surface area contributed by atoms with Gasteiger partial charge in [0.25, 0.3) is 0 Å². The SMILES string of the molecule is CCCCCCOc1ccc(C(=O)Oc2ccc3cc(OC(=O)[C@H](C)COCC)ccc3c2)cc1. The van der Waals surface area contributed by atoms with Gasteiger partial charge in [-0.05, 0) is 79.6 Å². The monoisotopic (exact) mass is 478 g/mol. The van der Waals surface area contributed by atoms with Crippen LogP contribution >= 0.6 is 0 Å². The van der Waals surface area contributed by atoms with E-state index in [0.717, 1.165) is 29.4 Å².